The van der Waals surface area contributed by atoms with Crippen molar-refractivity contribution < 1.29 is 4.84 Å². The van der Waals surface area contributed by atoms with Gasteiger partial charge in [0.2, 0.25) is 0 Å². The largest absolute Gasteiger partial charge is 0.300 e. The summed E-state index contributed by atoms with van der Waals surface area (Å²) in [4.78, 5) is 4.90. The Bertz CT molecular complexity index is 62.3. The summed E-state index contributed by atoms with van der Waals surface area (Å²) in [5.74, 6) is 0. The zero-order valence-corrected chi connectivity index (χ0v) is 4.98. The van der Waals surface area contributed by atoms with E-state index in [0.29, 0.717) is 0 Å². The van der Waals surface area contributed by atoms with Crippen LogP contribution in [0.3, 0.4) is 0 Å². The molecule has 1 aliphatic rings. The van der Waals surface area contributed by atoms with E-state index in [-0.39, 0.29) is 0 Å². The zero-order valence-electron chi connectivity index (χ0n) is 4.98. The number of hydrogen-bond acceptors (Lipinski definition) is 4. The fourth-order valence-corrected chi connectivity index (χ4v) is 0.635. The molecule has 0 unspecified atom stereocenters. The van der Waals surface area contributed by atoms with E-state index < -0.39 is 0 Å². The van der Waals surface area contributed by atoms with Gasteiger partial charge >= 0.3 is 0 Å². The maximum absolute atomic E-state index is 4.90. The highest BCUT2D eigenvalue weighted by atomic mass is 16.7. The lowest BCUT2D eigenvalue weighted by atomic mass is 10.8. The van der Waals surface area contributed by atoms with Crippen molar-refractivity contribution in [2.24, 2.45) is 0 Å². The van der Waals surface area contributed by atoms with E-state index >= 15 is 0 Å². The Morgan fingerprint density at radius 1 is 1.38 bits per heavy atom. The van der Waals surface area contributed by atoms with Crippen LogP contribution >= 0.6 is 0 Å². The second kappa shape index (κ2) is 2.99. The monoisotopic (exact) mass is 117 g/mol. The number of hydrogen-bond donors (Lipinski definition) is 2. The molecule has 1 rings (SSSR count). The van der Waals surface area contributed by atoms with E-state index in [1.807, 2.05) is 0 Å². The first-order valence-corrected chi connectivity index (χ1v) is 2.64. The molecule has 48 valence electrons. The van der Waals surface area contributed by atoms with Crippen molar-refractivity contribution in [3.8, 4) is 0 Å². The topological polar surface area (TPSA) is 36.5 Å². The Hall–Kier alpha value is -0.160. The molecule has 0 aliphatic carbocycles. The SMILES string of the molecule is CON1CNCNC1. The molecule has 0 aromatic rings. The summed E-state index contributed by atoms with van der Waals surface area (Å²) in [6.07, 6.45) is 0. The maximum Gasteiger partial charge on any atom is 0.0756 e. The van der Waals surface area contributed by atoms with E-state index in [2.05, 4.69) is 10.6 Å². The molecule has 0 saturated carbocycles. The number of nitrogens with zero attached hydrogens (tertiary/aromatic N) is 1. The first-order chi connectivity index (χ1) is 3.93. The van der Waals surface area contributed by atoms with Crippen LogP contribution in [-0.4, -0.2) is 32.2 Å². The summed E-state index contributed by atoms with van der Waals surface area (Å²) in [6, 6.07) is 0. The van der Waals surface area contributed by atoms with Crippen LogP contribution in [-0.2, 0) is 4.84 Å². The number of nitrogens with one attached hydrogen (secondary N) is 2. The van der Waals surface area contributed by atoms with Crippen LogP contribution in [0.2, 0.25) is 0 Å². The van der Waals surface area contributed by atoms with Gasteiger partial charge in [0.25, 0.3) is 0 Å². The van der Waals surface area contributed by atoms with Crippen LogP contribution in [0, 0.1) is 0 Å². The lowest BCUT2D eigenvalue weighted by Gasteiger charge is -2.25. The Morgan fingerprint density at radius 2 is 2.00 bits per heavy atom. The predicted octanol–water partition coefficient (Wildman–Crippen LogP) is -1.08. The summed E-state index contributed by atoms with van der Waals surface area (Å²) in [5, 5.41) is 7.95. The van der Waals surface area contributed by atoms with E-state index in [1.165, 1.54) is 0 Å². The first kappa shape index (κ1) is 5.97. The molecule has 2 N–H and O–H groups in total. The molecular formula is C4H11N3O. The third-order valence-corrected chi connectivity index (χ3v) is 1.08. The van der Waals surface area contributed by atoms with Crippen molar-refractivity contribution in [2.75, 3.05) is 27.1 Å². The van der Waals surface area contributed by atoms with Crippen LogP contribution in [0.15, 0.2) is 0 Å². The summed E-state index contributed by atoms with van der Waals surface area (Å²) in [5.41, 5.74) is 0. The van der Waals surface area contributed by atoms with Crippen LogP contribution in [0.5, 0.6) is 0 Å². The average Bonchev–Trinajstić information content (AvgIpc) is 1.90. The van der Waals surface area contributed by atoms with E-state index in [0.717, 1.165) is 20.0 Å². The number of hydroxylamine groups is 2. The van der Waals surface area contributed by atoms with Gasteiger partial charge in [0.05, 0.1) is 20.4 Å². The van der Waals surface area contributed by atoms with Crippen LogP contribution in [0.25, 0.3) is 0 Å². The molecule has 0 aromatic heterocycles. The molecule has 4 heteroatoms. The molecule has 0 amide bonds. The normalized spacial score (nSPS) is 23.6. The molecule has 0 radical (unpaired) electrons. The van der Waals surface area contributed by atoms with Gasteiger partial charge in [-0.1, -0.05) is 0 Å². The lowest BCUT2D eigenvalue weighted by Crippen LogP contribution is -2.49. The Morgan fingerprint density at radius 3 is 2.38 bits per heavy atom. The highest BCUT2D eigenvalue weighted by molar-refractivity contribution is 4.49. The van der Waals surface area contributed by atoms with Gasteiger partial charge in [0.15, 0.2) is 0 Å². The first-order valence-electron chi connectivity index (χ1n) is 2.64. The molecule has 1 saturated heterocycles. The summed E-state index contributed by atoms with van der Waals surface area (Å²) in [7, 11) is 1.66. The minimum Gasteiger partial charge on any atom is -0.300 e. The third-order valence-electron chi connectivity index (χ3n) is 1.08. The minimum absolute atomic E-state index is 0.809. The molecule has 0 atom stereocenters. The van der Waals surface area contributed by atoms with Crippen molar-refractivity contribution >= 4 is 0 Å². The van der Waals surface area contributed by atoms with E-state index in [4.69, 9.17) is 4.84 Å². The fourth-order valence-electron chi connectivity index (χ4n) is 0.635. The molecule has 8 heavy (non-hydrogen) atoms. The molecule has 4 nitrogen and oxygen atoms in total. The summed E-state index contributed by atoms with van der Waals surface area (Å²) < 4.78 is 0. The van der Waals surface area contributed by atoms with Crippen LogP contribution in [0.1, 0.15) is 0 Å². The van der Waals surface area contributed by atoms with Crippen molar-refractivity contribution in [3.63, 3.8) is 0 Å². The molecule has 1 aliphatic heterocycles. The third kappa shape index (κ3) is 1.41. The molecule has 0 bridgehead atoms. The molecule has 1 heterocycles. The number of rotatable bonds is 1. The Labute approximate surface area is 48.8 Å². The predicted molar refractivity (Wildman–Crippen MR) is 29.7 cm³/mol. The smallest absolute Gasteiger partial charge is 0.0756 e. The van der Waals surface area contributed by atoms with Gasteiger partial charge in [0.1, 0.15) is 0 Å². The molecule has 0 aromatic carbocycles. The molecular weight excluding hydrogens is 106 g/mol. The van der Waals surface area contributed by atoms with E-state index in [1.54, 1.807) is 12.2 Å². The van der Waals surface area contributed by atoms with Gasteiger partial charge in [-0.25, -0.2) is 0 Å². The second-order valence-corrected chi connectivity index (χ2v) is 1.66. The van der Waals surface area contributed by atoms with Crippen LogP contribution in [0.4, 0.5) is 0 Å². The van der Waals surface area contributed by atoms with Crippen LogP contribution < -0.4 is 10.6 Å². The standard InChI is InChI=1S/C4H11N3O/c1-8-7-3-5-2-6-4-7/h5-6H,2-4H2,1H3. The zero-order chi connectivity index (χ0) is 5.82. The van der Waals surface area contributed by atoms with Crippen molar-refractivity contribution in [1.82, 2.24) is 15.7 Å². The van der Waals surface area contributed by atoms with Gasteiger partial charge in [-0.3, -0.25) is 15.5 Å². The highest BCUT2D eigenvalue weighted by Crippen LogP contribution is 1.83. The van der Waals surface area contributed by atoms with E-state index in [9.17, 15) is 0 Å². The van der Waals surface area contributed by atoms with Gasteiger partial charge in [-0.15, -0.1) is 0 Å². The van der Waals surface area contributed by atoms with Crippen molar-refractivity contribution in [2.45, 2.75) is 0 Å². The van der Waals surface area contributed by atoms with Crippen molar-refractivity contribution in [3.05, 3.63) is 0 Å². The quantitative estimate of drug-likeness (QED) is 0.458. The average molecular weight is 117 g/mol. The van der Waals surface area contributed by atoms with Gasteiger partial charge in [-0.05, 0) is 0 Å². The maximum atomic E-state index is 4.90. The minimum atomic E-state index is 0.809. The summed E-state index contributed by atoms with van der Waals surface area (Å²) in [6.45, 7) is 2.49. The Kier molecular flexibility index (Phi) is 2.23. The Balaban J connectivity index is 2.13. The van der Waals surface area contributed by atoms with Gasteiger partial charge in [0, 0.05) is 6.67 Å². The van der Waals surface area contributed by atoms with Gasteiger partial charge < -0.3 is 0 Å². The van der Waals surface area contributed by atoms with Gasteiger partial charge in [-0.2, -0.15) is 5.06 Å². The fraction of sp³-hybridized carbons (Fsp3) is 1.00. The summed E-state index contributed by atoms with van der Waals surface area (Å²) >= 11 is 0. The molecule has 1 fully saturated rings. The highest BCUT2D eigenvalue weighted by Gasteiger charge is 2.04. The second-order valence-electron chi connectivity index (χ2n) is 1.66. The van der Waals surface area contributed by atoms with Crippen molar-refractivity contribution in [1.29, 1.82) is 0 Å². The lowest BCUT2D eigenvalue weighted by molar-refractivity contribution is -0.151. The molecule has 0 spiro atoms.